The zero-order valence-corrected chi connectivity index (χ0v) is 24.0. The van der Waals surface area contributed by atoms with Gasteiger partial charge in [-0.2, -0.15) is 9.41 Å². The van der Waals surface area contributed by atoms with Crippen LogP contribution in [0.4, 0.5) is 0 Å². The van der Waals surface area contributed by atoms with Crippen molar-refractivity contribution in [2.24, 2.45) is 5.10 Å². The fourth-order valence-electron chi connectivity index (χ4n) is 4.48. The van der Waals surface area contributed by atoms with Crippen LogP contribution >= 0.6 is 0 Å². The van der Waals surface area contributed by atoms with E-state index >= 15 is 0 Å². The van der Waals surface area contributed by atoms with Crippen molar-refractivity contribution < 1.29 is 27.4 Å². The fourth-order valence-corrected chi connectivity index (χ4v) is 6.29. The smallest absolute Gasteiger partial charge is 0.255 e. The molecule has 208 valence electrons. The van der Waals surface area contributed by atoms with E-state index < -0.39 is 22.5 Å². The van der Waals surface area contributed by atoms with E-state index in [1.165, 1.54) is 31.8 Å². The maximum atomic E-state index is 13.8. The van der Waals surface area contributed by atoms with Crippen LogP contribution in [0, 0.1) is 20.8 Å². The molecule has 3 aromatic carbocycles. The average molecular weight is 554 g/mol. The molecule has 1 amide bonds. The van der Waals surface area contributed by atoms with Crippen molar-refractivity contribution in [2.75, 3.05) is 34.4 Å². The van der Waals surface area contributed by atoms with Crippen molar-refractivity contribution in [2.45, 2.75) is 32.1 Å². The van der Waals surface area contributed by atoms with Gasteiger partial charge in [-0.25, -0.2) is 13.8 Å². The summed E-state index contributed by atoms with van der Waals surface area (Å²) in [4.78, 5) is 13.1. The molecule has 0 heterocycles. The number of ether oxygens (including phenoxy) is 3. The highest BCUT2D eigenvalue weighted by atomic mass is 32.2. The Labute approximate surface area is 230 Å². The Bertz CT molecular complexity index is 1420. The Morgan fingerprint density at radius 2 is 1.56 bits per heavy atom. The number of amides is 1. The molecule has 3 rings (SSSR count). The van der Waals surface area contributed by atoms with Crippen molar-refractivity contribution in [3.63, 3.8) is 0 Å². The first kappa shape index (κ1) is 29.7. The van der Waals surface area contributed by atoms with Crippen molar-refractivity contribution in [1.29, 1.82) is 0 Å². The number of carbonyl (C=O) groups is 1. The molecule has 0 aliphatic heterocycles. The second-order valence-corrected chi connectivity index (χ2v) is 10.9. The van der Waals surface area contributed by atoms with Gasteiger partial charge in [0.25, 0.3) is 5.91 Å². The lowest BCUT2D eigenvalue weighted by Gasteiger charge is -2.24. The number of benzene rings is 3. The highest BCUT2D eigenvalue weighted by Gasteiger charge is 2.29. The molecule has 9 nitrogen and oxygen atoms in total. The number of hydrogen-bond donors (Lipinski definition) is 1. The van der Waals surface area contributed by atoms with E-state index in [9.17, 15) is 13.2 Å². The Morgan fingerprint density at radius 1 is 0.923 bits per heavy atom. The molecule has 0 bridgehead atoms. The van der Waals surface area contributed by atoms with E-state index in [-0.39, 0.29) is 11.4 Å². The highest BCUT2D eigenvalue weighted by molar-refractivity contribution is 7.89. The second-order valence-electron chi connectivity index (χ2n) is 9.02. The lowest BCUT2D eigenvalue weighted by Crippen LogP contribution is -2.41. The van der Waals surface area contributed by atoms with E-state index in [1.54, 1.807) is 26.0 Å². The monoisotopic (exact) mass is 553 g/mol. The van der Waals surface area contributed by atoms with Crippen LogP contribution in [0.1, 0.15) is 27.8 Å². The first-order valence-corrected chi connectivity index (χ1v) is 13.8. The minimum atomic E-state index is -3.98. The third kappa shape index (κ3) is 7.15. The summed E-state index contributed by atoms with van der Waals surface area (Å²) >= 11 is 0. The number of methoxy groups -OCH3 is 3. The summed E-state index contributed by atoms with van der Waals surface area (Å²) < 4.78 is 44.9. The first-order chi connectivity index (χ1) is 18.6. The van der Waals surface area contributed by atoms with Crippen LogP contribution in [0.2, 0.25) is 0 Å². The molecular weight excluding hydrogens is 518 g/mol. The minimum Gasteiger partial charge on any atom is -0.493 e. The molecule has 0 aliphatic carbocycles. The van der Waals surface area contributed by atoms with Crippen LogP contribution in [0.5, 0.6) is 17.2 Å². The van der Waals surface area contributed by atoms with Gasteiger partial charge in [0, 0.05) is 12.1 Å². The van der Waals surface area contributed by atoms with E-state index in [0.717, 1.165) is 11.1 Å². The van der Waals surface area contributed by atoms with E-state index in [4.69, 9.17) is 14.2 Å². The van der Waals surface area contributed by atoms with E-state index in [2.05, 4.69) is 10.5 Å². The molecule has 1 N–H and O–H groups in total. The molecule has 0 unspecified atom stereocenters. The number of hydrogen-bond acceptors (Lipinski definition) is 7. The molecule has 0 atom stereocenters. The fraction of sp³-hybridized carbons (Fsp3) is 0.310. The SMILES string of the molecule is COc1ccc(/C=N/NC(=O)CN(CCc2ccccc2)S(=O)(=O)c2c(C)cc(C)cc2C)c(OC)c1OC. The summed E-state index contributed by atoms with van der Waals surface area (Å²) in [5, 5.41) is 4.03. The van der Waals surface area contributed by atoms with Gasteiger partial charge in [0.2, 0.25) is 15.8 Å². The number of hydrazone groups is 1. The van der Waals surface area contributed by atoms with Gasteiger partial charge in [-0.1, -0.05) is 48.0 Å². The summed E-state index contributed by atoms with van der Waals surface area (Å²) in [6, 6.07) is 16.6. The zero-order valence-electron chi connectivity index (χ0n) is 23.1. The van der Waals surface area contributed by atoms with Crippen LogP contribution in [-0.4, -0.2) is 59.3 Å². The van der Waals surface area contributed by atoms with Crippen LogP contribution in [0.3, 0.4) is 0 Å². The van der Waals surface area contributed by atoms with Crippen molar-refractivity contribution in [3.05, 3.63) is 82.4 Å². The number of carbonyl (C=O) groups excluding carboxylic acids is 1. The number of nitrogens with one attached hydrogen (secondary N) is 1. The van der Waals surface area contributed by atoms with Crippen molar-refractivity contribution in [3.8, 4) is 17.2 Å². The Morgan fingerprint density at radius 3 is 2.15 bits per heavy atom. The molecule has 0 saturated carbocycles. The number of nitrogens with zero attached hydrogens (tertiary/aromatic N) is 2. The highest BCUT2D eigenvalue weighted by Crippen LogP contribution is 2.39. The van der Waals surface area contributed by atoms with Crippen LogP contribution < -0.4 is 19.6 Å². The van der Waals surface area contributed by atoms with Crippen LogP contribution in [0.15, 0.2) is 64.6 Å². The van der Waals surface area contributed by atoms with Crippen LogP contribution in [-0.2, 0) is 21.2 Å². The van der Waals surface area contributed by atoms with Gasteiger partial charge >= 0.3 is 0 Å². The summed E-state index contributed by atoms with van der Waals surface area (Å²) in [6.07, 6.45) is 1.85. The molecule has 0 radical (unpaired) electrons. The second kappa shape index (κ2) is 13.3. The third-order valence-corrected chi connectivity index (χ3v) is 8.29. The molecule has 0 aliphatic rings. The summed E-state index contributed by atoms with van der Waals surface area (Å²) in [5.74, 6) is 0.672. The average Bonchev–Trinajstić information content (AvgIpc) is 2.90. The van der Waals surface area contributed by atoms with Gasteiger partial charge in [0.1, 0.15) is 0 Å². The quantitative estimate of drug-likeness (QED) is 0.268. The summed E-state index contributed by atoms with van der Waals surface area (Å²) in [7, 11) is 0.513. The van der Waals surface area contributed by atoms with Crippen molar-refractivity contribution in [1.82, 2.24) is 9.73 Å². The topological polar surface area (TPSA) is 107 Å². The van der Waals surface area contributed by atoms with Crippen LogP contribution in [0.25, 0.3) is 0 Å². The summed E-state index contributed by atoms with van der Waals surface area (Å²) in [6.45, 7) is 5.18. The first-order valence-electron chi connectivity index (χ1n) is 12.3. The molecule has 0 aromatic heterocycles. The molecule has 3 aromatic rings. The number of rotatable bonds is 12. The van der Waals surface area contributed by atoms with E-state index in [0.29, 0.717) is 40.4 Å². The molecule has 10 heteroatoms. The maximum Gasteiger partial charge on any atom is 0.255 e. The Kier molecular flexibility index (Phi) is 10.1. The largest absolute Gasteiger partial charge is 0.493 e. The molecule has 0 fully saturated rings. The normalized spacial score (nSPS) is 11.6. The van der Waals surface area contributed by atoms with E-state index in [1.807, 2.05) is 49.4 Å². The predicted octanol–water partition coefficient (Wildman–Crippen LogP) is 4.02. The van der Waals surface area contributed by atoms with Gasteiger partial charge in [-0.3, -0.25) is 4.79 Å². The molecule has 0 saturated heterocycles. The third-order valence-electron chi connectivity index (χ3n) is 6.14. The number of sulfonamides is 1. The maximum absolute atomic E-state index is 13.8. The molecular formula is C29H35N3O6S. The zero-order chi connectivity index (χ0) is 28.6. The summed E-state index contributed by atoms with van der Waals surface area (Å²) in [5.41, 5.74) is 6.18. The predicted molar refractivity (Wildman–Crippen MR) is 151 cm³/mol. The van der Waals surface area contributed by atoms with Gasteiger partial charge in [0.05, 0.1) is 39.0 Å². The minimum absolute atomic E-state index is 0.125. The standard InChI is InChI=1S/C29H35N3O6S/c1-20-16-21(2)29(22(3)17-20)39(34,35)32(15-14-23-10-8-7-9-11-23)19-26(33)31-30-18-24-12-13-25(36-4)28(38-6)27(24)37-5/h7-13,16-18H,14-15,19H2,1-6H3,(H,31,33)/b30-18+. The van der Waals surface area contributed by atoms with Gasteiger partial charge in [-0.15, -0.1) is 0 Å². The molecule has 39 heavy (non-hydrogen) atoms. The number of aryl methyl sites for hydroxylation is 3. The van der Waals surface area contributed by atoms with Gasteiger partial charge in [-0.05, 0) is 56.0 Å². The Balaban J connectivity index is 1.84. The lowest BCUT2D eigenvalue weighted by atomic mass is 10.1. The lowest BCUT2D eigenvalue weighted by molar-refractivity contribution is -0.121. The Hall–Kier alpha value is -3.89. The molecule has 0 spiro atoms. The van der Waals surface area contributed by atoms with Crippen molar-refractivity contribution >= 4 is 22.1 Å². The van der Waals surface area contributed by atoms with Gasteiger partial charge in [0.15, 0.2) is 11.5 Å². The van der Waals surface area contributed by atoms with Gasteiger partial charge < -0.3 is 14.2 Å².